The minimum Gasteiger partial charge on any atom is -0.494 e. The molecule has 3 aromatic rings. The summed E-state index contributed by atoms with van der Waals surface area (Å²) in [5.74, 6) is -0.376. The van der Waals surface area contributed by atoms with Gasteiger partial charge in [-0.3, -0.25) is 4.79 Å². The molecule has 0 fully saturated rings. The van der Waals surface area contributed by atoms with Crippen LogP contribution in [-0.4, -0.2) is 23.6 Å². The molecule has 0 bridgehead atoms. The van der Waals surface area contributed by atoms with Crippen LogP contribution in [0.3, 0.4) is 0 Å². The van der Waals surface area contributed by atoms with E-state index in [2.05, 4.69) is 45.5 Å². The average molecular weight is 510 g/mol. The van der Waals surface area contributed by atoms with Crippen molar-refractivity contribution < 1.29 is 19.4 Å². The monoisotopic (exact) mass is 509 g/mol. The van der Waals surface area contributed by atoms with Crippen molar-refractivity contribution in [2.24, 2.45) is 0 Å². The van der Waals surface area contributed by atoms with Crippen LogP contribution in [0.2, 0.25) is 0 Å². The molecule has 0 spiro atoms. The number of benzene rings is 3. The van der Waals surface area contributed by atoms with Gasteiger partial charge < -0.3 is 15.2 Å². The Bertz CT molecular complexity index is 1050. The van der Waals surface area contributed by atoms with Gasteiger partial charge in [0.1, 0.15) is 5.75 Å². The quantitative estimate of drug-likeness (QED) is 0.273. The van der Waals surface area contributed by atoms with Gasteiger partial charge in [-0.15, -0.1) is 0 Å². The lowest BCUT2D eigenvalue weighted by Gasteiger charge is -2.09. The number of hydrogen-bond donors (Lipinski definition) is 2. The number of hydrogen-bond acceptors (Lipinski definition) is 3. The number of carbonyl (C=O) groups is 2. The van der Waals surface area contributed by atoms with Crippen LogP contribution in [0.25, 0.3) is 0 Å². The minimum absolute atomic E-state index is 0.111. The maximum atomic E-state index is 12.2. The van der Waals surface area contributed by atoms with E-state index in [1.807, 2.05) is 30.3 Å². The molecule has 3 aromatic carbocycles. The Balaban J connectivity index is 1.34. The second-order valence-electron chi connectivity index (χ2n) is 7.84. The highest BCUT2D eigenvalue weighted by atomic mass is 79.9. The van der Waals surface area contributed by atoms with Gasteiger partial charge in [-0.1, -0.05) is 42.5 Å². The standard InChI is InChI=1S/C27H28BrNO4/c28-25-16-13-22(19-24(25)27(31)32)29-26(30)17-12-21-10-14-23(15-11-21)33-18-6-2-5-9-20-7-3-1-4-8-20/h1,3-4,7-8,10-11,13-16,19H,2,5-6,9,12,17-18H2,(H,29,30)(H,31,32). The molecule has 5 nitrogen and oxygen atoms in total. The lowest BCUT2D eigenvalue weighted by molar-refractivity contribution is -0.116. The van der Waals surface area contributed by atoms with Gasteiger partial charge in [0, 0.05) is 16.6 Å². The minimum atomic E-state index is -1.05. The predicted octanol–water partition coefficient (Wildman–Crippen LogP) is 6.51. The molecule has 172 valence electrons. The molecule has 0 radical (unpaired) electrons. The molecule has 1 amide bonds. The summed E-state index contributed by atoms with van der Waals surface area (Å²) in [4.78, 5) is 23.5. The zero-order valence-electron chi connectivity index (χ0n) is 18.4. The maximum absolute atomic E-state index is 12.2. The molecule has 3 rings (SSSR count). The normalized spacial score (nSPS) is 10.6. The smallest absolute Gasteiger partial charge is 0.336 e. The van der Waals surface area contributed by atoms with Gasteiger partial charge in [-0.05, 0) is 89.5 Å². The third-order valence-electron chi connectivity index (χ3n) is 5.27. The van der Waals surface area contributed by atoms with Crippen LogP contribution >= 0.6 is 15.9 Å². The summed E-state index contributed by atoms with van der Waals surface area (Å²) in [7, 11) is 0. The molecule has 0 aliphatic carbocycles. The lowest BCUT2D eigenvalue weighted by Crippen LogP contribution is -2.13. The van der Waals surface area contributed by atoms with E-state index in [0.29, 0.717) is 29.6 Å². The molecule has 0 atom stereocenters. The van der Waals surface area contributed by atoms with Crippen molar-refractivity contribution in [3.63, 3.8) is 0 Å². The number of unbranched alkanes of at least 4 members (excludes halogenated alkanes) is 2. The van der Waals surface area contributed by atoms with Gasteiger partial charge in [-0.25, -0.2) is 4.79 Å². The molecular weight excluding hydrogens is 482 g/mol. The van der Waals surface area contributed by atoms with Crippen LogP contribution in [0.4, 0.5) is 5.69 Å². The lowest BCUT2D eigenvalue weighted by atomic mass is 10.1. The van der Waals surface area contributed by atoms with Gasteiger partial charge in [0.05, 0.1) is 12.2 Å². The van der Waals surface area contributed by atoms with Gasteiger partial charge in [0.15, 0.2) is 0 Å². The van der Waals surface area contributed by atoms with Gasteiger partial charge in [-0.2, -0.15) is 0 Å². The number of aryl methyl sites for hydroxylation is 2. The van der Waals surface area contributed by atoms with E-state index >= 15 is 0 Å². The first-order valence-electron chi connectivity index (χ1n) is 11.1. The van der Waals surface area contributed by atoms with Crippen molar-refractivity contribution in [2.75, 3.05) is 11.9 Å². The molecule has 0 unspecified atom stereocenters. The fourth-order valence-corrected chi connectivity index (χ4v) is 3.86. The van der Waals surface area contributed by atoms with Gasteiger partial charge in [0.2, 0.25) is 5.91 Å². The third-order valence-corrected chi connectivity index (χ3v) is 5.96. The fourth-order valence-electron chi connectivity index (χ4n) is 3.44. The molecule has 0 saturated heterocycles. The Kier molecular flexibility index (Phi) is 9.51. The summed E-state index contributed by atoms with van der Waals surface area (Å²) in [6.07, 6.45) is 5.31. The number of ether oxygens (including phenoxy) is 1. The molecule has 0 aliphatic heterocycles. The molecule has 33 heavy (non-hydrogen) atoms. The molecule has 0 saturated carbocycles. The van der Waals surface area contributed by atoms with Crippen LogP contribution in [0.1, 0.15) is 47.2 Å². The van der Waals surface area contributed by atoms with E-state index in [1.54, 1.807) is 12.1 Å². The summed E-state index contributed by atoms with van der Waals surface area (Å²) >= 11 is 3.20. The van der Waals surface area contributed by atoms with Crippen molar-refractivity contribution in [2.45, 2.75) is 38.5 Å². The Morgan fingerprint density at radius 3 is 2.30 bits per heavy atom. The Labute approximate surface area is 202 Å². The van der Waals surface area contributed by atoms with Gasteiger partial charge in [0.25, 0.3) is 0 Å². The van der Waals surface area contributed by atoms with Crippen LogP contribution in [-0.2, 0) is 17.6 Å². The molecule has 0 heterocycles. The van der Waals surface area contributed by atoms with Crippen LogP contribution < -0.4 is 10.1 Å². The summed E-state index contributed by atoms with van der Waals surface area (Å²) in [6.45, 7) is 0.696. The van der Waals surface area contributed by atoms with Crippen LogP contribution in [0.5, 0.6) is 5.75 Å². The topological polar surface area (TPSA) is 75.6 Å². The van der Waals surface area contributed by atoms with E-state index in [-0.39, 0.29) is 11.5 Å². The first kappa shape index (κ1) is 24.5. The number of rotatable bonds is 12. The molecule has 2 N–H and O–H groups in total. The Morgan fingerprint density at radius 1 is 0.848 bits per heavy atom. The van der Waals surface area contributed by atoms with Crippen molar-refractivity contribution in [3.05, 3.63) is 94.0 Å². The maximum Gasteiger partial charge on any atom is 0.336 e. The zero-order chi connectivity index (χ0) is 23.5. The average Bonchev–Trinajstić information content (AvgIpc) is 2.82. The van der Waals surface area contributed by atoms with E-state index in [9.17, 15) is 14.7 Å². The zero-order valence-corrected chi connectivity index (χ0v) is 20.0. The Hall–Kier alpha value is -3.12. The fraction of sp³-hybridized carbons (Fsp3) is 0.259. The molecule has 0 aliphatic rings. The Morgan fingerprint density at radius 2 is 1.58 bits per heavy atom. The number of carboxylic acid groups (broad SMARTS) is 1. The van der Waals surface area contributed by atoms with E-state index in [4.69, 9.17) is 4.74 Å². The second-order valence-corrected chi connectivity index (χ2v) is 8.69. The number of carboxylic acids is 1. The number of carbonyl (C=O) groups excluding carboxylic acids is 1. The highest BCUT2D eigenvalue weighted by Gasteiger charge is 2.11. The third kappa shape index (κ3) is 8.39. The van der Waals surface area contributed by atoms with E-state index in [0.717, 1.165) is 37.0 Å². The molecule has 0 aromatic heterocycles. The number of anilines is 1. The summed E-state index contributed by atoms with van der Waals surface area (Å²) in [5, 5.41) is 11.9. The number of halogens is 1. The van der Waals surface area contributed by atoms with Crippen LogP contribution in [0.15, 0.2) is 77.3 Å². The summed E-state index contributed by atoms with van der Waals surface area (Å²) in [6, 6.07) is 23.1. The molecule has 6 heteroatoms. The highest BCUT2D eigenvalue weighted by Crippen LogP contribution is 2.21. The number of nitrogens with one attached hydrogen (secondary N) is 1. The van der Waals surface area contributed by atoms with Crippen molar-refractivity contribution in [3.8, 4) is 5.75 Å². The van der Waals surface area contributed by atoms with E-state index < -0.39 is 5.97 Å². The van der Waals surface area contributed by atoms with E-state index in [1.165, 1.54) is 11.6 Å². The summed E-state index contributed by atoms with van der Waals surface area (Å²) < 4.78 is 6.30. The first-order valence-corrected chi connectivity index (χ1v) is 11.9. The second kappa shape index (κ2) is 12.8. The largest absolute Gasteiger partial charge is 0.494 e. The number of aromatic carboxylic acids is 1. The molecular formula is C27H28BrNO4. The van der Waals surface area contributed by atoms with Gasteiger partial charge >= 0.3 is 5.97 Å². The summed E-state index contributed by atoms with van der Waals surface area (Å²) in [5.41, 5.74) is 3.00. The number of amides is 1. The first-order chi connectivity index (χ1) is 16.0. The van der Waals surface area contributed by atoms with Crippen molar-refractivity contribution in [1.82, 2.24) is 0 Å². The SMILES string of the molecule is O=C(CCc1ccc(OCCCCCc2ccccc2)cc1)Nc1ccc(Br)c(C(=O)O)c1. The predicted molar refractivity (Wildman–Crippen MR) is 134 cm³/mol. The van der Waals surface area contributed by atoms with Crippen molar-refractivity contribution in [1.29, 1.82) is 0 Å². The van der Waals surface area contributed by atoms with Crippen molar-refractivity contribution >= 4 is 33.5 Å². The highest BCUT2D eigenvalue weighted by molar-refractivity contribution is 9.10. The van der Waals surface area contributed by atoms with Crippen LogP contribution in [0, 0.1) is 0 Å².